The van der Waals surface area contributed by atoms with E-state index in [1.54, 1.807) is 0 Å². The van der Waals surface area contributed by atoms with Crippen LogP contribution < -0.4 is 4.87 Å². The van der Waals surface area contributed by atoms with E-state index in [9.17, 15) is 18.4 Å². The molecule has 0 saturated heterocycles. The Balaban J connectivity index is 3.09. The quantitative estimate of drug-likeness (QED) is 0.774. The molecular formula is C7H6ClF2NO3S. The van der Waals surface area contributed by atoms with Crippen LogP contribution in [0.4, 0.5) is 8.78 Å². The Morgan fingerprint density at radius 2 is 2.27 bits per heavy atom. The zero-order valence-corrected chi connectivity index (χ0v) is 9.07. The van der Waals surface area contributed by atoms with Gasteiger partial charge in [-0.05, 0) is 0 Å². The Morgan fingerprint density at radius 1 is 1.67 bits per heavy atom. The lowest BCUT2D eigenvalue weighted by atomic mass is 10.5. The first-order valence-electron chi connectivity index (χ1n) is 3.71. The molecule has 0 saturated carbocycles. The molecule has 4 nitrogen and oxygen atoms in total. The average molecular weight is 258 g/mol. The van der Waals surface area contributed by atoms with Gasteiger partial charge in [0.2, 0.25) is 0 Å². The number of carbonyl (C=O) groups excluding carboxylic acids is 1. The molecule has 15 heavy (non-hydrogen) atoms. The van der Waals surface area contributed by atoms with Gasteiger partial charge in [0, 0.05) is 0 Å². The maximum atomic E-state index is 12.3. The Kier molecular flexibility index (Phi) is 3.81. The second-order valence-electron chi connectivity index (χ2n) is 2.49. The predicted octanol–water partition coefficient (Wildman–Crippen LogP) is 1.67. The molecule has 1 heterocycles. The number of thiazole rings is 1. The molecule has 0 atom stereocenters. The van der Waals surface area contributed by atoms with Crippen molar-refractivity contribution >= 4 is 28.9 Å². The number of rotatable bonds is 3. The lowest BCUT2D eigenvalue weighted by Gasteiger charge is -2.01. The summed E-state index contributed by atoms with van der Waals surface area (Å²) in [5.41, 5.74) is 0. The fraction of sp³-hybridized carbons (Fsp3) is 0.429. The van der Waals surface area contributed by atoms with Gasteiger partial charge in [0.1, 0.15) is 16.6 Å². The largest absolute Gasteiger partial charge is 0.468 e. The average Bonchev–Trinajstić information content (AvgIpc) is 2.45. The molecule has 0 aliphatic heterocycles. The van der Waals surface area contributed by atoms with E-state index in [1.807, 2.05) is 0 Å². The van der Waals surface area contributed by atoms with E-state index >= 15 is 0 Å². The summed E-state index contributed by atoms with van der Waals surface area (Å²) >= 11 is 5.83. The Hall–Kier alpha value is -0.950. The van der Waals surface area contributed by atoms with E-state index < -0.39 is 33.8 Å². The molecule has 0 aliphatic carbocycles. The summed E-state index contributed by atoms with van der Waals surface area (Å²) < 4.78 is 29.6. The van der Waals surface area contributed by atoms with Crippen LogP contribution in [0.2, 0.25) is 5.15 Å². The van der Waals surface area contributed by atoms with E-state index in [4.69, 9.17) is 11.6 Å². The van der Waals surface area contributed by atoms with Crippen LogP contribution in [0.25, 0.3) is 0 Å². The third-order valence-electron chi connectivity index (χ3n) is 1.57. The van der Waals surface area contributed by atoms with E-state index in [0.717, 1.165) is 11.7 Å². The fourth-order valence-corrected chi connectivity index (χ4v) is 1.99. The van der Waals surface area contributed by atoms with E-state index in [2.05, 4.69) is 4.74 Å². The van der Waals surface area contributed by atoms with Crippen LogP contribution in [0.15, 0.2) is 4.79 Å². The van der Waals surface area contributed by atoms with Crippen LogP contribution in [0.5, 0.6) is 0 Å². The molecule has 84 valence electrons. The lowest BCUT2D eigenvalue weighted by Crippen LogP contribution is -2.20. The lowest BCUT2D eigenvalue weighted by molar-refractivity contribution is -0.141. The van der Waals surface area contributed by atoms with Crippen molar-refractivity contribution in [1.29, 1.82) is 0 Å². The molecule has 1 aromatic rings. The highest BCUT2D eigenvalue weighted by molar-refractivity contribution is 7.09. The highest BCUT2D eigenvalue weighted by Gasteiger charge is 2.21. The van der Waals surface area contributed by atoms with Gasteiger partial charge in [-0.2, -0.15) is 0 Å². The minimum absolute atomic E-state index is 0.319. The second-order valence-corrected chi connectivity index (χ2v) is 3.84. The van der Waals surface area contributed by atoms with Gasteiger partial charge in [0.05, 0.1) is 7.11 Å². The Morgan fingerprint density at radius 3 is 2.67 bits per heavy atom. The third-order valence-corrected chi connectivity index (χ3v) is 3.08. The number of hydrogen-bond donors (Lipinski definition) is 0. The molecule has 0 spiro atoms. The summed E-state index contributed by atoms with van der Waals surface area (Å²) in [6, 6.07) is 0. The summed E-state index contributed by atoms with van der Waals surface area (Å²) in [4.78, 5) is 20.8. The maximum absolute atomic E-state index is 12.3. The third kappa shape index (κ3) is 2.54. The highest BCUT2D eigenvalue weighted by Crippen LogP contribution is 2.29. The number of halogens is 3. The number of hydrogen-bond acceptors (Lipinski definition) is 4. The standard InChI is InChI=1S/C7H6ClF2NO3S/c1-14-3(12)2-11-5(8)4(6(9)10)15-7(11)13/h6H,2H2,1H3. The molecule has 8 heteroatoms. The first-order chi connectivity index (χ1) is 6.97. The molecule has 0 aliphatic rings. The van der Waals surface area contributed by atoms with Crippen LogP contribution in [0, 0.1) is 0 Å². The normalized spacial score (nSPS) is 10.7. The molecule has 0 radical (unpaired) electrons. The molecule has 1 aromatic heterocycles. The maximum Gasteiger partial charge on any atom is 0.325 e. The number of esters is 1. The summed E-state index contributed by atoms with van der Waals surface area (Å²) in [5, 5.41) is -0.412. The fourth-order valence-electron chi connectivity index (χ4n) is 0.867. The number of aromatic nitrogens is 1. The van der Waals surface area contributed by atoms with Gasteiger partial charge in [-0.15, -0.1) is 0 Å². The van der Waals surface area contributed by atoms with Crippen LogP contribution in [0.1, 0.15) is 11.3 Å². The first-order valence-corrected chi connectivity index (χ1v) is 4.90. The summed E-state index contributed by atoms with van der Waals surface area (Å²) in [5.74, 6) is -0.724. The van der Waals surface area contributed by atoms with Crippen molar-refractivity contribution in [3.8, 4) is 0 Å². The number of ether oxygens (including phenoxy) is 1. The molecule has 0 unspecified atom stereocenters. The summed E-state index contributed by atoms with van der Waals surface area (Å²) in [6.07, 6.45) is -2.82. The van der Waals surface area contributed by atoms with E-state index in [0.29, 0.717) is 11.3 Å². The molecule has 0 aromatic carbocycles. The van der Waals surface area contributed by atoms with Gasteiger partial charge in [-0.3, -0.25) is 14.2 Å². The highest BCUT2D eigenvalue weighted by atomic mass is 35.5. The number of methoxy groups -OCH3 is 1. The van der Waals surface area contributed by atoms with Crippen LogP contribution in [-0.2, 0) is 16.1 Å². The van der Waals surface area contributed by atoms with Crippen molar-refractivity contribution in [3.05, 3.63) is 19.7 Å². The predicted molar refractivity (Wildman–Crippen MR) is 50.6 cm³/mol. The van der Waals surface area contributed by atoms with Crippen LogP contribution in [0.3, 0.4) is 0 Å². The number of carbonyl (C=O) groups is 1. The molecule has 0 N–H and O–H groups in total. The van der Waals surface area contributed by atoms with Crippen molar-refractivity contribution in [2.24, 2.45) is 0 Å². The molecule has 0 amide bonds. The molecule has 1 rings (SSSR count). The minimum Gasteiger partial charge on any atom is -0.468 e. The molecular weight excluding hydrogens is 252 g/mol. The van der Waals surface area contributed by atoms with Crippen molar-refractivity contribution in [2.75, 3.05) is 7.11 Å². The van der Waals surface area contributed by atoms with Gasteiger partial charge < -0.3 is 4.74 Å². The van der Waals surface area contributed by atoms with Gasteiger partial charge >= 0.3 is 10.8 Å². The SMILES string of the molecule is COC(=O)Cn1c(Cl)c(C(F)F)sc1=O. The first kappa shape index (κ1) is 12.1. The van der Waals surface area contributed by atoms with E-state index in [1.165, 1.54) is 0 Å². The van der Waals surface area contributed by atoms with Gasteiger partial charge in [0.25, 0.3) is 6.43 Å². The van der Waals surface area contributed by atoms with Crippen molar-refractivity contribution in [3.63, 3.8) is 0 Å². The molecule has 0 bridgehead atoms. The van der Waals surface area contributed by atoms with Gasteiger partial charge in [-0.1, -0.05) is 22.9 Å². The topological polar surface area (TPSA) is 48.3 Å². The minimum atomic E-state index is -2.82. The Bertz CT molecular complexity index is 428. The molecule has 0 fully saturated rings. The van der Waals surface area contributed by atoms with Crippen molar-refractivity contribution < 1.29 is 18.3 Å². The van der Waals surface area contributed by atoms with Crippen molar-refractivity contribution in [1.82, 2.24) is 4.57 Å². The van der Waals surface area contributed by atoms with Gasteiger partial charge in [0.15, 0.2) is 0 Å². The monoisotopic (exact) mass is 257 g/mol. The Labute approximate surface area is 92.0 Å². The number of alkyl halides is 2. The summed E-state index contributed by atoms with van der Waals surface area (Å²) in [6.45, 7) is -0.461. The zero-order chi connectivity index (χ0) is 11.6. The summed E-state index contributed by atoms with van der Waals surface area (Å²) in [7, 11) is 1.13. The number of nitrogens with zero attached hydrogens (tertiary/aromatic N) is 1. The van der Waals surface area contributed by atoms with Crippen molar-refractivity contribution in [2.45, 2.75) is 13.0 Å². The zero-order valence-electron chi connectivity index (χ0n) is 7.50. The smallest absolute Gasteiger partial charge is 0.325 e. The van der Waals surface area contributed by atoms with Crippen LogP contribution >= 0.6 is 22.9 Å². The van der Waals surface area contributed by atoms with E-state index in [-0.39, 0.29) is 0 Å². The van der Waals surface area contributed by atoms with Gasteiger partial charge in [-0.25, -0.2) is 8.78 Å². The second kappa shape index (κ2) is 4.71. The van der Waals surface area contributed by atoms with Crippen LogP contribution in [-0.4, -0.2) is 17.6 Å².